The van der Waals surface area contributed by atoms with Gasteiger partial charge >= 0.3 is 0 Å². The summed E-state index contributed by atoms with van der Waals surface area (Å²) in [5.41, 5.74) is 10.4. The van der Waals surface area contributed by atoms with Gasteiger partial charge in [0.2, 0.25) is 0 Å². The summed E-state index contributed by atoms with van der Waals surface area (Å²) in [5, 5.41) is 19.0. The van der Waals surface area contributed by atoms with Crippen molar-refractivity contribution in [3.05, 3.63) is 89.5 Å². The van der Waals surface area contributed by atoms with Crippen LogP contribution in [-0.2, 0) is 0 Å². The number of phenolic OH excluding ortho intramolecular Hbond substituents is 2. The zero-order chi connectivity index (χ0) is 16.2. The lowest BCUT2D eigenvalue weighted by Crippen LogP contribution is -1.89. The van der Waals surface area contributed by atoms with Crippen LogP contribution in [0.2, 0.25) is 0 Å². The fraction of sp³-hybridized carbons (Fsp3) is 0. The van der Waals surface area contributed by atoms with E-state index in [-0.39, 0.29) is 11.5 Å². The molecule has 0 fully saturated rings. The third kappa shape index (κ3) is 3.52. The van der Waals surface area contributed by atoms with Crippen LogP contribution in [-0.4, -0.2) is 10.2 Å². The van der Waals surface area contributed by atoms with Crippen LogP contribution in [0.3, 0.4) is 0 Å². The van der Waals surface area contributed by atoms with Crippen molar-refractivity contribution in [2.75, 3.05) is 5.73 Å². The van der Waals surface area contributed by atoms with Gasteiger partial charge in [-0.3, -0.25) is 0 Å². The van der Waals surface area contributed by atoms with E-state index in [2.05, 4.69) is 6.08 Å². The third-order valence-corrected chi connectivity index (χ3v) is 3.60. The fourth-order valence-electron chi connectivity index (χ4n) is 2.37. The Bertz CT molecular complexity index is 770. The first-order valence-electron chi connectivity index (χ1n) is 7.28. The first-order valence-corrected chi connectivity index (χ1v) is 7.28. The highest BCUT2D eigenvalue weighted by Crippen LogP contribution is 2.28. The van der Waals surface area contributed by atoms with Gasteiger partial charge in [-0.15, -0.1) is 0 Å². The molecule has 0 aliphatic carbocycles. The monoisotopic (exact) mass is 303 g/mol. The van der Waals surface area contributed by atoms with Crippen LogP contribution in [0.4, 0.5) is 5.69 Å². The average Bonchev–Trinajstić information content (AvgIpc) is 2.56. The number of hydrogen-bond acceptors (Lipinski definition) is 3. The second-order valence-corrected chi connectivity index (χ2v) is 5.32. The maximum absolute atomic E-state index is 9.50. The molecule has 0 saturated heterocycles. The van der Waals surface area contributed by atoms with Gasteiger partial charge in [0, 0.05) is 5.69 Å². The second kappa shape index (κ2) is 6.28. The van der Waals surface area contributed by atoms with E-state index in [9.17, 15) is 10.2 Å². The molecule has 23 heavy (non-hydrogen) atoms. The van der Waals surface area contributed by atoms with Gasteiger partial charge in [0.05, 0.1) is 0 Å². The normalized spacial score (nSPS) is 10.3. The standard InChI is InChI=1S/C20H17NO2/c21-17-7-1-14(2-8-17)13-20(15-3-9-18(22)10-4-15)16-5-11-19(23)12-6-16/h1-13,22-23H,21H2. The quantitative estimate of drug-likeness (QED) is 0.500. The smallest absolute Gasteiger partial charge is 0.115 e. The number of nitrogen functional groups attached to an aromatic ring is 1. The molecule has 0 aromatic heterocycles. The molecule has 0 spiro atoms. The van der Waals surface area contributed by atoms with Gasteiger partial charge in [-0.1, -0.05) is 36.4 Å². The lowest BCUT2D eigenvalue weighted by atomic mass is 9.95. The lowest BCUT2D eigenvalue weighted by molar-refractivity contribution is 0.475. The number of anilines is 1. The Kier molecular flexibility index (Phi) is 4.02. The van der Waals surface area contributed by atoms with E-state index in [1.807, 2.05) is 48.5 Å². The zero-order valence-electron chi connectivity index (χ0n) is 12.5. The highest BCUT2D eigenvalue weighted by molar-refractivity contribution is 5.91. The summed E-state index contributed by atoms with van der Waals surface area (Å²) in [6.07, 6.45) is 2.05. The summed E-state index contributed by atoms with van der Waals surface area (Å²) in [6, 6.07) is 21.7. The van der Waals surface area contributed by atoms with Gasteiger partial charge in [0.15, 0.2) is 0 Å². The summed E-state index contributed by atoms with van der Waals surface area (Å²) < 4.78 is 0. The van der Waals surface area contributed by atoms with E-state index >= 15 is 0 Å². The van der Waals surface area contributed by atoms with E-state index in [0.717, 1.165) is 28.0 Å². The van der Waals surface area contributed by atoms with Crippen LogP contribution in [0, 0.1) is 0 Å². The van der Waals surface area contributed by atoms with Crippen molar-refractivity contribution in [3.8, 4) is 11.5 Å². The molecule has 0 heterocycles. The third-order valence-electron chi connectivity index (χ3n) is 3.60. The molecule has 0 atom stereocenters. The van der Waals surface area contributed by atoms with Crippen LogP contribution in [0.25, 0.3) is 11.6 Å². The molecule has 3 heteroatoms. The minimum Gasteiger partial charge on any atom is -0.508 e. The SMILES string of the molecule is Nc1ccc(C=C(c2ccc(O)cc2)c2ccc(O)cc2)cc1. The fourth-order valence-corrected chi connectivity index (χ4v) is 2.37. The Morgan fingerprint density at radius 2 is 1.09 bits per heavy atom. The van der Waals surface area contributed by atoms with Crippen LogP contribution >= 0.6 is 0 Å². The Hall–Kier alpha value is -3.20. The molecule has 114 valence electrons. The number of hydrogen-bond donors (Lipinski definition) is 3. The maximum Gasteiger partial charge on any atom is 0.115 e. The molecular weight excluding hydrogens is 286 g/mol. The van der Waals surface area contributed by atoms with Crippen molar-refractivity contribution in [2.24, 2.45) is 0 Å². The van der Waals surface area contributed by atoms with Crippen LogP contribution in [0.1, 0.15) is 16.7 Å². The molecule has 0 aliphatic rings. The summed E-state index contributed by atoms with van der Waals surface area (Å²) in [6.45, 7) is 0. The average molecular weight is 303 g/mol. The van der Waals surface area contributed by atoms with Crippen molar-refractivity contribution in [3.63, 3.8) is 0 Å². The predicted octanol–water partition coefficient (Wildman–Crippen LogP) is 4.27. The van der Waals surface area contributed by atoms with Gasteiger partial charge in [-0.05, 0) is 64.7 Å². The summed E-state index contributed by atoms with van der Waals surface area (Å²) >= 11 is 0. The predicted molar refractivity (Wildman–Crippen MR) is 94.0 cm³/mol. The van der Waals surface area contributed by atoms with E-state index in [4.69, 9.17) is 5.73 Å². The topological polar surface area (TPSA) is 66.5 Å². The summed E-state index contributed by atoms with van der Waals surface area (Å²) in [4.78, 5) is 0. The van der Waals surface area contributed by atoms with Gasteiger partial charge in [0.1, 0.15) is 11.5 Å². The number of aromatic hydroxyl groups is 2. The van der Waals surface area contributed by atoms with Crippen molar-refractivity contribution >= 4 is 17.3 Å². The minimum atomic E-state index is 0.228. The Labute approximate surface area is 135 Å². The number of phenols is 2. The van der Waals surface area contributed by atoms with Gasteiger partial charge in [-0.2, -0.15) is 0 Å². The molecule has 3 aromatic rings. The van der Waals surface area contributed by atoms with Crippen molar-refractivity contribution in [2.45, 2.75) is 0 Å². The van der Waals surface area contributed by atoms with E-state index in [1.54, 1.807) is 24.3 Å². The van der Waals surface area contributed by atoms with Crippen LogP contribution in [0.5, 0.6) is 11.5 Å². The largest absolute Gasteiger partial charge is 0.508 e. The van der Waals surface area contributed by atoms with E-state index in [1.165, 1.54) is 0 Å². The molecule has 3 nitrogen and oxygen atoms in total. The highest BCUT2D eigenvalue weighted by atomic mass is 16.3. The van der Waals surface area contributed by atoms with Gasteiger partial charge in [-0.25, -0.2) is 0 Å². The molecule has 3 aromatic carbocycles. The van der Waals surface area contributed by atoms with E-state index < -0.39 is 0 Å². The molecule has 4 N–H and O–H groups in total. The van der Waals surface area contributed by atoms with Gasteiger partial charge < -0.3 is 15.9 Å². The molecule has 0 unspecified atom stereocenters. The Balaban J connectivity index is 2.10. The van der Waals surface area contributed by atoms with E-state index in [0.29, 0.717) is 0 Å². The molecular formula is C20H17NO2. The minimum absolute atomic E-state index is 0.228. The molecule has 0 aliphatic heterocycles. The van der Waals surface area contributed by atoms with Crippen LogP contribution in [0.15, 0.2) is 72.8 Å². The highest BCUT2D eigenvalue weighted by Gasteiger charge is 2.06. The molecule has 0 saturated carbocycles. The van der Waals surface area contributed by atoms with Crippen molar-refractivity contribution in [1.82, 2.24) is 0 Å². The molecule has 0 radical (unpaired) electrons. The number of rotatable bonds is 3. The first kappa shape index (κ1) is 14.7. The van der Waals surface area contributed by atoms with Crippen molar-refractivity contribution < 1.29 is 10.2 Å². The Morgan fingerprint density at radius 3 is 1.52 bits per heavy atom. The maximum atomic E-state index is 9.50. The van der Waals surface area contributed by atoms with Gasteiger partial charge in [0.25, 0.3) is 0 Å². The summed E-state index contributed by atoms with van der Waals surface area (Å²) in [7, 11) is 0. The van der Waals surface area contributed by atoms with Crippen LogP contribution < -0.4 is 5.73 Å². The molecule has 3 rings (SSSR count). The first-order chi connectivity index (χ1) is 11.1. The zero-order valence-corrected chi connectivity index (χ0v) is 12.5. The van der Waals surface area contributed by atoms with Crippen molar-refractivity contribution in [1.29, 1.82) is 0 Å². The molecule has 0 bridgehead atoms. The number of nitrogens with two attached hydrogens (primary N) is 1. The summed E-state index contributed by atoms with van der Waals surface area (Å²) in [5.74, 6) is 0.456. The Morgan fingerprint density at radius 1 is 0.652 bits per heavy atom. The molecule has 0 amide bonds. The number of benzene rings is 3. The lowest BCUT2D eigenvalue weighted by Gasteiger charge is -2.10. The second-order valence-electron chi connectivity index (χ2n) is 5.32.